The van der Waals surface area contributed by atoms with Gasteiger partial charge < -0.3 is 5.32 Å². The number of hydrogen-bond donors (Lipinski definition) is 1. The van der Waals surface area contributed by atoms with E-state index in [0.717, 1.165) is 23.9 Å². The number of rotatable bonds is 6. The zero-order valence-corrected chi connectivity index (χ0v) is 13.6. The van der Waals surface area contributed by atoms with Crippen molar-refractivity contribution < 1.29 is 0 Å². The molecule has 0 aromatic heterocycles. The van der Waals surface area contributed by atoms with E-state index in [-0.39, 0.29) is 0 Å². The molecule has 0 radical (unpaired) electrons. The van der Waals surface area contributed by atoms with Gasteiger partial charge in [-0.3, -0.25) is 0 Å². The van der Waals surface area contributed by atoms with E-state index in [4.69, 9.17) is 23.2 Å². The zero-order chi connectivity index (χ0) is 13.7. The largest absolute Gasteiger partial charge is 0.313 e. The van der Waals surface area contributed by atoms with Crippen molar-refractivity contribution in [2.45, 2.75) is 32.2 Å². The lowest BCUT2D eigenvalue weighted by atomic mass is 9.93. The van der Waals surface area contributed by atoms with Crippen LogP contribution in [0.3, 0.4) is 0 Å². The highest BCUT2D eigenvalue weighted by Gasteiger charge is 2.25. The molecule has 0 amide bonds. The van der Waals surface area contributed by atoms with Crippen molar-refractivity contribution in [3.63, 3.8) is 0 Å². The van der Waals surface area contributed by atoms with Crippen molar-refractivity contribution >= 4 is 35.0 Å². The highest BCUT2D eigenvalue weighted by Crippen LogP contribution is 2.30. The molecule has 2 atom stereocenters. The van der Waals surface area contributed by atoms with E-state index >= 15 is 0 Å². The van der Waals surface area contributed by atoms with Crippen LogP contribution in [-0.4, -0.2) is 24.1 Å². The number of nitrogens with one attached hydrogen (secondary N) is 1. The first kappa shape index (κ1) is 15.5. The normalized spacial score (nSPS) is 20.7. The Bertz CT molecular complexity index is 405. The molecule has 1 aromatic carbocycles. The van der Waals surface area contributed by atoms with Crippen LogP contribution in [0.2, 0.25) is 10.0 Å². The molecule has 1 saturated heterocycles. The van der Waals surface area contributed by atoms with Crippen LogP contribution in [0.25, 0.3) is 0 Å². The summed E-state index contributed by atoms with van der Waals surface area (Å²) in [5, 5.41) is 5.20. The molecule has 0 saturated carbocycles. The summed E-state index contributed by atoms with van der Waals surface area (Å²) in [4.78, 5) is 0. The fourth-order valence-corrected chi connectivity index (χ4v) is 4.35. The molecule has 1 fully saturated rings. The minimum atomic E-state index is 0.536. The average molecular weight is 318 g/mol. The summed E-state index contributed by atoms with van der Waals surface area (Å²) < 4.78 is 0. The SMILES string of the molecule is CCCNC(Cc1ccc(Cl)cc1Cl)C1CCSC1. The van der Waals surface area contributed by atoms with Crippen LogP contribution in [0, 0.1) is 5.92 Å². The second-order valence-electron chi connectivity index (χ2n) is 5.12. The quantitative estimate of drug-likeness (QED) is 0.819. The monoisotopic (exact) mass is 317 g/mol. The van der Waals surface area contributed by atoms with Crippen LogP contribution < -0.4 is 5.32 Å². The van der Waals surface area contributed by atoms with Gasteiger partial charge in [0.2, 0.25) is 0 Å². The van der Waals surface area contributed by atoms with Gasteiger partial charge in [-0.25, -0.2) is 0 Å². The summed E-state index contributed by atoms with van der Waals surface area (Å²) in [6.07, 6.45) is 3.49. The number of benzene rings is 1. The lowest BCUT2D eigenvalue weighted by molar-refractivity contribution is 0.380. The van der Waals surface area contributed by atoms with Gasteiger partial charge in [0.1, 0.15) is 0 Å². The summed E-state index contributed by atoms with van der Waals surface area (Å²) in [5.74, 6) is 3.33. The first-order valence-electron chi connectivity index (χ1n) is 6.95. The Kier molecular flexibility index (Phi) is 6.34. The Hall–Kier alpha value is 0.110. The molecule has 0 bridgehead atoms. The maximum atomic E-state index is 6.30. The minimum Gasteiger partial charge on any atom is -0.313 e. The molecular formula is C15H21Cl2NS. The molecule has 2 rings (SSSR count). The molecule has 1 N–H and O–H groups in total. The van der Waals surface area contributed by atoms with E-state index < -0.39 is 0 Å². The van der Waals surface area contributed by atoms with Gasteiger partial charge in [0.05, 0.1) is 0 Å². The zero-order valence-electron chi connectivity index (χ0n) is 11.3. The smallest absolute Gasteiger partial charge is 0.0453 e. The Labute approximate surface area is 130 Å². The molecule has 0 aliphatic carbocycles. The van der Waals surface area contributed by atoms with Crippen molar-refractivity contribution in [2.24, 2.45) is 5.92 Å². The van der Waals surface area contributed by atoms with Crippen LogP contribution in [0.5, 0.6) is 0 Å². The molecule has 1 aliphatic rings. The van der Waals surface area contributed by atoms with E-state index in [9.17, 15) is 0 Å². The summed E-state index contributed by atoms with van der Waals surface area (Å²) in [6, 6.07) is 6.38. The van der Waals surface area contributed by atoms with Crippen LogP contribution in [0.4, 0.5) is 0 Å². The second-order valence-corrected chi connectivity index (χ2v) is 7.12. The first-order valence-corrected chi connectivity index (χ1v) is 8.86. The summed E-state index contributed by atoms with van der Waals surface area (Å²) in [7, 11) is 0. The summed E-state index contributed by atoms with van der Waals surface area (Å²) in [5.41, 5.74) is 1.21. The van der Waals surface area contributed by atoms with Gasteiger partial charge >= 0.3 is 0 Å². The highest BCUT2D eigenvalue weighted by atomic mass is 35.5. The van der Waals surface area contributed by atoms with E-state index in [1.807, 2.05) is 12.1 Å². The number of halogens is 2. The maximum absolute atomic E-state index is 6.30. The molecule has 4 heteroatoms. The molecule has 19 heavy (non-hydrogen) atoms. The van der Waals surface area contributed by atoms with Gasteiger partial charge in [-0.1, -0.05) is 36.2 Å². The van der Waals surface area contributed by atoms with E-state index in [1.165, 1.54) is 29.9 Å². The molecule has 1 heterocycles. The van der Waals surface area contributed by atoms with Crippen LogP contribution in [-0.2, 0) is 6.42 Å². The molecule has 1 nitrogen and oxygen atoms in total. The van der Waals surface area contributed by atoms with Crippen molar-refractivity contribution in [3.8, 4) is 0 Å². The van der Waals surface area contributed by atoms with Gasteiger partial charge in [-0.2, -0.15) is 11.8 Å². The number of hydrogen-bond acceptors (Lipinski definition) is 2. The Morgan fingerprint density at radius 3 is 2.89 bits per heavy atom. The Morgan fingerprint density at radius 1 is 1.42 bits per heavy atom. The van der Waals surface area contributed by atoms with E-state index in [1.54, 1.807) is 0 Å². The molecule has 106 valence electrons. The van der Waals surface area contributed by atoms with Crippen LogP contribution in [0.15, 0.2) is 18.2 Å². The third-order valence-electron chi connectivity index (χ3n) is 3.65. The maximum Gasteiger partial charge on any atom is 0.0453 e. The lowest BCUT2D eigenvalue weighted by Crippen LogP contribution is -2.38. The van der Waals surface area contributed by atoms with Crippen molar-refractivity contribution in [1.29, 1.82) is 0 Å². The van der Waals surface area contributed by atoms with Crippen LogP contribution >= 0.6 is 35.0 Å². The first-order chi connectivity index (χ1) is 9.20. The van der Waals surface area contributed by atoms with Gasteiger partial charge in [0.25, 0.3) is 0 Å². The average Bonchev–Trinajstić information content (AvgIpc) is 2.90. The van der Waals surface area contributed by atoms with Crippen molar-refractivity contribution in [1.82, 2.24) is 5.32 Å². The van der Waals surface area contributed by atoms with Crippen molar-refractivity contribution in [3.05, 3.63) is 33.8 Å². The predicted molar refractivity (Wildman–Crippen MR) is 87.7 cm³/mol. The molecule has 1 aromatic rings. The molecule has 0 spiro atoms. The Morgan fingerprint density at radius 2 is 2.26 bits per heavy atom. The third kappa shape index (κ3) is 4.56. The minimum absolute atomic E-state index is 0.536. The van der Waals surface area contributed by atoms with Crippen LogP contribution in [0.1, 0.15) is 25.3 Å². The van der Waals surface area contributed by atoms with Crippen molar-refractivity contribution in [2.75, 3.05) is 18.1 Å². The summed E-state index contributed by atoms with van der Waals surface area (Å²) in [6.45, 7) is 3.29. The molecule has 2 unspecified atom stereocenters. The molecular weight excluding hydrogens is 297 g/mol. The fourth-order valence-electron chi connectivity index (χ4n) is 2.53. The van der Waals surface area contributed by atoms with Gasteiger partial charge in [-0.05, 0) is 60.9 Å². The van der Waals surface area contributed by atoms with Gasteiger partial charge in [0, 0.05) is 16.1 Å². The van der Waals surface area contributed by atoms with E-state index in [0.29, 0.717) is 11.1 Å². The number of thioether (sulfide) groups is 1. The fraction of sp³-hybridized carbons (Fsp3) is 0.600. The third-order valence-corrected chi connectivity index (χ3v) is 5.42. The van der Waals surface area contributed by atoms with Gasteiger partial charge in [0.15, 0.2) is 0 Å². The standard InChI is InChI=1S/C15H21Cl2NS/c1-2-6-18-15(12-5-7-19-10-12)8-11-3-4-13(16)9-14(11)17/h3-4,9,12,15,18H,2,5-8,10H2,1H3. The highest BCUT2D eigenvalue weighted by molar-refractivity contribution is 7.99. The summed E-state index contributed by atoms with van der Waals surface area (Å²) >= 11 is 14.3. The second kappa shape index (κ2) is 7.78. The van der Waals surface area contributed by atoms with E-state index in [2.05, 4.69) is 30.1 Å². The molecule has 1 aliphatic heterocycles. The Balaban J connectivity index is 2.05. The topological polar surface area (TPSA) is 12.0 Å². The predicted octanol–water partition coefficient (Wildman–Crippen LogP) is 4.66. The van der Waals surface area contributed by atoms with Gasteiger partial charge in [-0.15, -0.1) is 0 Å². The lowest BCUT2D eigenvalue weighted by Gasteiger charge is -2.25.